The number of para-hydroxylation sites is 1. The number of rotatable bonds is 4. The van der Waals surface area contributed by atoms with E-state index in [0.717, 1.165) is 19.4 Å². The maximum atomic E-state index is 12.7. The van der Waals surface area contributed by atoms with Gasteiger partial charge in [0.2, 0.25) is 0 Å². The molecule has 6 nitrogen and oxygen atoms in total. The Morgan fingerprint density at radius 1 is 1.16 bits per heavy atom. The number of hydrogen-bond donors (Lipinski definition) is 0. The zero-order chi connectivity index (χ0) is 17.2. The number of piperazine rings is 1. The van der Waals surface area contributed by atoms with Crippen LogP contribution in [-0.2, 0) is 0 Å². The fourth-order valence-corrected chi connectivity index (χ4v) is 3.19. The topological polar surface area (TPSA) is 69.7 Å². The van der Waals surface area contributed by atoms with Crippen LogP contribution in [0.25, 0.3) is 0 Å². The van der Waals surface area contributed by atoms with Gasteiger partial charge in [-0.2, -0.15) is 5.26 Å². The van der Waals surface area contributed by atoms with Crippen molar-refractivity contribution >= 4 is 5.91 Å². The standard InChI is InChI=1S/C19H19N3O3/c20-12-15-13-21(10-11-22(15)14-6-7-14)19(23)17-8-9-18(25-17)24-16-4-2-1-3-5-16/h1-5,8-9,14-15H,6-7,10-11,13H2/t15-/m0/s1. The quantitative estimate of drug-likeness (QED) is 0.858. The summed E-state index contributed by atoms with van der Waals surface area (Å²) in [5.41, 5.74) is 0. The predicted molar refractivity (Wildman–Crippen MR) is 90.3 cm³/mol. The van der Waals surface area contributed by atoms with Gasteiger partial charge < -0.3 is 14.1 Å². The van der Waals surface area contributed by atoms with Crippen molar-refractivity contribution in [3.05, 3.63) is 48.2 Å². The maximum Gasteiger partial charge on any atom is 0.290 e. The molecule has 6 heteroatoms. The van der Waals surface area contributed by atoms with Gasteiger partial charge in [0, 0.05) is 25.2 Å². The largest absolute Gasteiger partial charge is 0.426 e. The minimum Gasteiger partial charge on any atom is -0.426 e. The summed E-state index contributed by atoms with van der Waals surface area (Å²) >= 11 is 0. The van der Waals surface area contributed by atoms with Crippen molar-refractivity contribution in [1.82, 2.24) is 9.80 Å². The highest BCUT2D eigenvalue weighted by Crippen LogP contribution is 2.31. The Morgan fingerprint density at radius 2 is 1.96 bits per heavy atom. The van der Waals surface area contributed by atoms with Crippen LogP contribution in [0.4, 0.5) is 0 Å². The fraction of sp³-hybridized carbons (Fsp3) is 0.368. The summed E-state index contributed by atoms with van der Waals surface area (Å²) in [6, 6.07) is 15.1. The lowest BCUT2D eigenvalue weighted by atomic mass is 10.1. The lowest BCUT2D eigenvalue weighted by Gasteiger charge is -2.38. The van der Waals surface area contributed by atoms with Crippen molar-refractivity contribution in [2.75, 3.05) is 19.6 Å². The van der Waals surface area contributed by atoms with E-state index in [0.29, 0.717) is 24.9 Å². The molecular formula is C19H19N3O3. The summed E-state index contributed by atoms with van der Waals surface area (Å²) in [5, 5.41) is 9.40. The van der Waals surface area contributed by atoms with Gasteiger partial charge in [-0.1, -0.05) is 18.2 Å². The molecule has 1 atom stereocenters. The van der Waals surface area contributed by atoms with Crippen LogP contribution >= 0.6 is 0 Å². The average molecular weight is 337 g/mol. The van der Waals surface area contributed by atoms with Crippen LogP contribution in [0.5, 0.6) is 11.7 Å². The van der Waals surface area contributed by atoms with Gasteiger partial charge in [-0.05, 0) is 31.0 Å². The molecule has 1 aromatic heterocycles. The molecule has 2 heterocycles. The van der Waals surface area contributed by atoms with E-state index in [1.54, 1.807) is 17.0 Å². The molecule has 1 amide bonds. The molecule has 128 valence electrons. The molecule has 1 saturated carbocycles. The Balaban J connectivity index is 1.42. The highest BCUT2D eigenvalue weighted by Gasteiger charge is 2.39. The molecule has 0 unspecified atom stereocenters. The number of hydrogen-bond acceptors (Lipinski definition) is 5. The molecule has 0 bridgehead atoms. The van der Waals surface area contributed by atoms with Crippen molar-refractivity contribution in [2.24, 2.45) is 0 Å². The van der Waals surface area contributed by atoms with Crippen LogP contribution < -0.4 is 4.74 Å². The lowest BCUT2D eigenvalue weighted by molar-refractivity contribution is 0.0518. The van der Waals surface area contributed by atoms with Crippen molar-refractivity contribution in [1.29, 1.82) is 5.26 Å². The van der Waals surface area contributed by atoms with E-state index in [1.807, 2.05) is 30.3 Å². The normalized spacial score (nSPS) is 20.9. The molecule has 4 rings (SSSR count). The predicted octanol–water partition coefficient (Wildman–Crippen LogP) is 2.88. The third kappa shape index (κ3) is 3.37. The van der Waals surface area contributed by atoms with Gasteiger partial charge in [-0.25, -0.2) is 0 Å². The summed E-state index contributed by atoms with van der Waals surface area (Å²) in [7, 11) is 0. The van der Waals surface area contributed by atoms with Gasteiger partial charge >= 0.3 is 0 Å². The minimum atomic E-state index is -0.236. The summed E-state index contributed by atoms with van der Waals surface area (Å²) in [5.74, 6) is 0.975. The number of carbonyl (C=O) groups excluding carboxylic acids is 1. The number of nitriles is 1. The number of furan rings is 1. The van der Waals surface area contributed by atoms with Gasteiger partial charge in [0.15, 0.2) is 5.76 Å². The van der Waals surface area contributed by atoms with Crippen molar-refractivity contribution in [3.8, 4) is 17.8 Å². The molecule has 1 aliphatic heterocycles. The zero-order valence-corrected chi connectivity index (χ0v) is 13.8. The fourth-order valence-electron chi connectivity index (χ4n) is 3.19. The minimum absolute atomic E-state index is 0.196. The molecule has 2 fully saturated rings. The number of amides is 1. The molecule has 2 aromatic rings. The third-order valence-corrected chi connectivity index (χ3v) is 4.63. The third-order valence-electron chi connectivity index (χ3n) is 4.63. The monoisotopic (exact) mass is 337 g/mol. The Kier molecular flexibility index (Phi) is 4.16. The van der Waals surface area contributed by atoms with E-state index in [2.05, 4.69) is 11.0 Å². The molecule has 1 aromatic carbocycles. The Hall–Kier alpha value is -2.78. The lowest BCUT2D eigenvalue weighted by Crippen LogP contribution is -2.54. The number of nitrogens with zero attached hydrogens (tertiary/aromatic N) is 3. The maximum absolute atomic E-state index is 12.7. The van der Waals surface area contributed by atoms with E-state index in [1.165, 1.54) is 0 Å². The first-order valence-electron chi connectivity index (χ1n) is 8.52. The van der Waals surface area contributed by atoms with E-state index >= 15 is 0 Å². The molecule has 25 heavy (non-hydrogen) atoms. The molecule has 0 N–H and O–H groups in total. The second kappa shape index (κ2) is 6.61. The zero-order valence-electron chi connectivity index (χ0n) is 13.8. The van der Waals surface area contributed by atoms with Gasteiger partial charge in [-0.15, -0.1) is 0 Å². The van der Waals surface area contributed by atoms with Crippen LogP contribution in [0.2, 0.25) is 0 Å². The van der Waals surface area contributed by atoms with Gasteiger partial charge in [0.05, 0.1) is 12.6 Å². The van der Waals surface area contributed by atoms with E-state index in [-0.39, 0.29) is 23.7 Å². The van der Waals surface area contributed by atoms with Crippen LogP contribution in [0.15, 0.2) is 46.9 Å². The molecule has 0 spiro atoms. The van der Waals surface area contributed by atoms with Gasteiger partial charge in [0.1, 0.15) is 11.8 Å². The SMILES string of the molecule is N#C[C@H]1CN(C(=O)c2ccc(Oc3ccccc3)o2)CCN1C1CC1. The summed E-state index contributed by atoms with van der Waals surface area (Å²) < 4.78 is 11.1. The van der Waals surface area contributed by atoms with Crippen LogP contribution in [0.3, 0.4) is 0 Å². The van der Waals surface area contributed by atoms with Gasteiger partial charge in [-0.3, -0.25) is 9.69 Å². The second-order valence-electron chi connectivity index (χ2n) is 6.40. The van der Waals surface area contributed by atoms with Crippen LogP contribution in [0, 0.1) is 11.3 Å². The average Bonchev–Trinajstić information content (AvgIpc) is 3.40. The highest BCUT2D eigenvalue weighted by molar-refractivity contribution is 5.91. The first kappa shape index (κ1) is 15.7. The Bertz CT molecular complexity index is 792. The highest BCUT2D eigenvalue weighted by atomic mass is 16.6. The van der Waals surface area contributed by atoms with Crippen LogP contribution in [0.1, 0.15) is 23.4 Å². The second-order valence-corrected chi connectivity index (χ2v) is 6.40. The van der Waals surface area contributed by atoms with Crippen molar-refractivity contribution in [2.45, 2.75) is 24.9 Å². The molecule has 1 saturated heterocycles. The summed E-state index contributed by atoms with van der Waals surface area (Å²) in [6.45, 7) is 1.77. The molecule has 2 aliphatic rings. The Morgan fingerprint density at radius 3 is 2.68 bits per heavy atom. The summed E-state index contributed by atoms with van der Waals surface area (Å²) in [6.07, 6.45) is 2.31. The summed E-state index contributed by atoms with van der Waals surface area (Å²) in [4.78, 5) is 16.6. The van der Waals surface area contributed by atoms with Crippen molar-refractivity contribution < 1.29 is 13.9 Å². The van der Waals surface area contributed by atoms with E-state index in [4.69, 9.17) is 9.15 Å². The number of benzene rings is 1. The molecule has 1 aliphatic carbocycles. The smallest absolute Gasteiger partial charge is 0.290 e. The Labute approximate surface area is 146 Å². The molecular weight excluding hydrogens is 318 g/mol. The van der Waals surface area contributed by atoms with Crippen molar-refractivity contribution in [3.63, 3.8) is 0 Å². The first-order valence-corrected chi connectivity index (χ1v) is 8.52. The van der Waals surface area contributed by atoms with Crippen LogP contribution in [-0.4, -0.2) is 47.4 Å². The molecule has 0 radical (unpaired) electrons. The van der Waals surface area contributed by atoms with E-state index in [9.17, 15) is 10.1 Å². The number of ether oxygens (including phenoxy) is 1. The first-order chi connectivity index (χ1) is 12.2. The van der Waals surface area contributed by atoms with E-state index < -0.39 is 0 Å². The number of carbonyl (C=O) groups is 1. The van der Waals surface area contributed by atoms with Gasteiger partial charge in [0.25, 0.3) is 11.9 Å².